The van der Waals surface area contributed by atoms with Crippen molar-refractivity contribution in [3.63, 3.8) is 0 Å². The molecule has 1 aliphatic heterocycles. The Labute approximate surface area is 111 Å². The minimum atomic E-state index is -4.73. The molecule has 0 saturated carbocycles. The first-order chi connectivity index (χ1) is 8.02. The Morgan fingerprint density at radius 3 is 2.32 bits per heavy atom. The smallest absolute Gasteiger partial charge is 0.416 e. The summed E-state index contributed by atoms with van der Waals surface area (Å²) in [5, 5.41) is 9.23. The molecule has 1 N–H and O–H groups in total. The van der Waals surface area contributed by atoms with Crippen LogP contribution >= 0.6 is 0 Å². The molecule has 1 amide bonds. The number of carbonyl (C=O) groups excluding carboxylic acids is 1. The molecule has 7 heteroatoms. The molecule has 1 aliphatic rings. The van der Waals surface area contributed by atoms with Gasteiger partial charge in [-0.15, -0.1) is 0 Å². The van der Waals surface area contributed by atoms with Gasteiger partial charge in [-0.25, -0.2) is 4.79 Å². The molecule has 0 aromatic rings. The molecule has 0 bridgehead atoms. The van der Waals surface area contributed by atoms with Crippen LogP contribution in [0.2, 0.25) is 0 Å². The highest BCUT2D eigenvalue weighted by atomic mass is 19.4. The van der Waals surface area contributed by atoms with Gasteiger partial charge in [0.15, 0.2) is 6.10 Å². The van der Waals surface area contributed by atoms with Gasteiger partial charge in [0.2, 0.25) is 0 Å². The van der Waals surface area contributed by atoms with Gasteiger partial charge in [0.05, 0.1) is 6.04 Å². The van der Waals surface area contributed by atoms with E-state index >= 15 is 0 Å². The lowest BCUT2D eigenvalue weighted by Gasteiger charge is -2.31. The second-order valence-electron chi connectivity index (χ2n) is 5.37. The Hall–Kier alpha value is -0.980. The molecule has 0 radical (unpaired) electrons. The zero-order valence-electron chi connectivity index (χ0n) is 10.6. The number of hydrogen-bond donors (Lipinski definition) is 1. The summed E-state index contributed by atoms with van der Waals surface area (Å²) in [6.45, 7) is 5.08. The fourth-order valence-corrected chi connectivity index (χ4v) is 1.89. The first kappa shape index (κ1) is 18.0. The van der Waals surface area contributed by atoms with Gasteiger partial charge in [0.25, 0.3) is 0 Å². The van der Waals surface area contributed by atoms with Crippen molar-refractivity contribution in [2.24, 2.45) is 0 Å². The second-order valence-corrected chi connectivity index (χ2v) is 5.37. The molecule has 1 heterocycles. The second kappa shape index (κ2) is 5.98. The Morgan fingerprint density at radius 1 is 1.37 bits per heavy atom. The monoisotopic (exact) mass is 285 g/mol. The minimum Gasteiger partial charge on any atom is -0.444 e. The normalized spacial score (nSPS) is 21.8. The summed E-state index contributed by atoms with van der Waals surface area (Å²) in [5.74, 6) is 0. The number of ether oxygens (including phenoxy) is 1. The molecule has 0 aliphatic carbocycles. The molecule has 0 aromatic heterocycles. The van der Waals surface area contributed by atoms with Gasteiger partial charge in [-0.05, 0) is 33.6 Å². The zero-order valence-corrected chi connectivity index (χ0v) is 10.6. The van der Waals surface area contributed by atoms with Gasteiger partial charge < -0.3 is 14.7 Å². The third kappa shape index (κ3) is 4.89. The Kier molecular flexibility index (Phi) is 5.67. The lowest BCUT2D eigenvalue weighted by atomic mass is 10.1. The van der Waals surface area contributed by atoms with E-state index in [0.29, 0.717) is 6.42 Å². The maximum atomic E-state index is 12.4. The van der Waals surface area contributed by atoms with E-state index in [2.05, 4.69) is 0 Å². The fraction of sp³-hybridized carbons (Fsp3) is 0.917. The van der Waals surface area contributed by atoms with Crippen molar-refractivity contribution < 1.29 is 27.8 Å². The van der Waals surface area contributed by atoms with Crippen molar-refractivity contribution in [3.8, 4) is 0 Å². The van der Waals surface area contributed by atoms with Gasteiger partial charge >= 0.3 is 12.3 Å². The number of rotatable bonds is 1. The largest absolute Gasteiger partial charge is 0.444 e. The van der Waals surface area contributed by atoms with E-state index in [-0.39, 0.29) is 20.4 Å². The fourth-order valence-electron chi connectivity index (χ4n) is 1.89. The third-order valence-corrected chi connectivity index (χ3v) is 2.63. The van der Waals surface area contributed by atoms with E-state index in [0.717, 1.165) is 4.90 Å². The van der Waals surface area contributed by atoms with Crippen LogP contribution in [0.5, 0.6) is 0 Å². The molecular weight excluding hydrogens is 263 g/mol. The predicted molar refractivity (Wildman–Crippen MR) is 64.8 cm³/mol. The Balaban J connectivity index is 0.00000324. The van der Waals surface area contributed by atoms with Crippen LogP contribution in [-0.2, 0) is 4.74 Å². The topological polar surface area (TPSA) is 49.8 Å². The molecule has 1 rings (SSSR count). The van der Waals surface area contributed by atoms with E-state index in [1.165, 1.54) is 0 Å². The van der Waals surface area contributed by atoms with E-state index in [9.17, 15) is 23.1 Å². The summed E-state index contributed by atoms with van der Waals surface area (Å²) in [5.41, 5.74) is -0.770. The number of alkyl halides is 3. The number of amides is 1. The number of likely N-dealkylation sites (tertiary alicyclic amines) is 1. The average molecular weight is 285 g/mol. The van der Waals surface area contributed by atoms with Crippen molar-refractivity contribution in [1.82, 2.24) is 4.90 Å². The molecule has 4 nitrogen and oxygen atoms in total. The molecule has 1 fully saturated rings. The molecule has 114 valence electrons. The Bertz CT molecular complexity index is 312. The van der Waals surface area contributed by atoms with Crippen LogP contribution in [0.3, 0.4) is 0 Å². The zero-order chi connectivity index (χ0) is 14.1. The van der Waals surface area contributed by atoms with Crippen LogP contribution in [0.15, 0.2) is 0 Å². The average Bonchev–Trinajstić information content (AvgIpc) is 2.60. The van der Waals surface area contributed by atoms with Crippen LogP contribution in [0, 0.1) is 0 Å². The van der Waals surface area contributed by atoms with Crippen LogP contribution in [0.1, 0.15) is 41.0 Å². The number of aliphatic hydroxyl groups is 1. The number of hydrogen-bond acceptors (Lipinski definition) is 3. The number of nitrogens with zero attached hydrogens (tertiary/aromatic N) is 1. The van der Waals surface area contributed by atoms with Gasteiger partial charge in [0.1, 0.15) is 5.60 Å². The summed E-state index contributed by atoms with van der Waals surface area (Å²) >= 11 is 0. The lowest BCUT2D eigenvalue weighted by molar-refractivity contribution is -0.217. The van der Waals surface area contributed by atoms with Gasteiger partial charge in [-0.2, -0.15) is 13.2 Å². The lowest BCUT2D eigenvalue weighted by Crippen LogP contribution is -2.50. The summed E-state index contributed by atoms with van der Waals surface area (Å²) in [6.07, 6.45) is -7.51. The predicted octanol–water partition coefficient (Wildman–Crippen LogP) is 2.95. The highest BCUT2D eigenvalue weighted by Gasteiger charge is 2.48. The first-order valence-electron chi connectivity index (χ1n) is 5.77. The summed E-state index contributed by atoms with van der Waals surface area (Å²) in [4.78, 5) is 12.7. The van der Waals surface area contributed by atoms with Crippen LogP contribution in [0.25, 0.3) is 0 Å². The first-order valence-corrected chi connectivity index (χ1v) is 5.77. The van der Waals surface area contributed by atoms with Crippen LogP contribution in [-0.4, -0.2) is 46.6 Å². The summed E-state index contributed by atoms with van der Waals surface area (Å²) in [7, 11) is 0. The maximum Gasteiger partial charge on any atom is 0.416 e. The van der Waals surface area contributed by atoms with Crippen molar-refractivity contribution in [2.45, 2.75) is 65.0 Å². The molecule has 0 aromatic carbocycles. The quantitative estimate of drug-likeness (QED) is 0.806. The number of halogens is 3. The van der Waals surface area contributed by atoms with Crippen molar-refractivity contribution in [1.29, 1.82) is 0 Å². The standard InChI is InChI=1S/C11H18F3NO3.CH4/c1-10(2,3)18-9(17)15-6-4-5-7(15)8(16)11(12,13)14;/h7-8,16H,4-6H2,1-3H3;1H4/t7?,8-;/m0./s1. The van der Waals surface area contributed by atoms with E-state index in [1.807, 2.05) is 0 Å². The SMILES string of the molecule is C.CC(C)(C)OC(=O)N1CCCC1[C@H](O)C(F)(F)F. The van der Waals surface area contributed by atoms with E-state index in [4.69, 9.17) is 4.74 Å². The Morgan fingerprint density at radius 2 is 1.89 bits per heavy atom. The van der Waals surface area contributed by atoms with Gasteiger partial charge in [0, 0.05) is 6.54 Å². The summed E-state index contributed by atoms with van der Waals surface area (Å²) < 4.78 is 42.4. The molecule has 1 saturated heterocycles. The highest BCUT2D eigenvalue weighted by molar-refractivity contribution is 5.69. The highest BCUT2D eigenvalue weighted by Crippen LogP contribution is 2.31. The molecule has 0 spiro atoms. The van der Waals surface area contributed by atoms with Crippen LogP contribution < -0.4 is 0 Å². The molecule has 19 heavy (non-hydrogen) atoms. The van der Waals surface area contributed by atoms with Crippen molar-refractivity contribution in [2.75, 3.05) is 6.54 Å². The number of aliphatic hydroxyl groups excluding tert-OH is 1. The van der Waals surface area contributed by atoms with Crippen molar-refractivity contribution in [3.05, 3.63) is 0 Å². The van der Waals surface area contributed by atoms with E-state index in [1.54, 1.807) is 20.8 Å². The summed E-state index contributed by atoms with van der Waals surface area (Å²) in [6, 6.07) is -1.25. The van der Waals surface area contributed by atoms with Crippen molar-refractivity contribution >= 4 is 6.09 Å². The molecule has 2 atom stereocenters. The third-order valence-electron chi connectivity index (χ3n) is 2.63. The van der Waals surface area contributed by atoms with Gasteiger partial charge in [-0.1, -0.05) is 7.43 Å². The van der Waals surface area contributed by atoms with Crippen LogP contribution in [0.4, 0.5) is 18.0 Å². The number of carbonyl (C=O) groups is 1. The van der Waals surface area contributed by atoms with Gasteiger partial charge in [-0.3, -0.25) is 0 Å². The molecule has 1 unspecified atom stereocenters. The molecular formula is C12H22F3NO3. The maximum absolute atomic E-state index is 12.4. The van der Waals surface area contributed by atoms with E-state index < -0.39 is 30.0 Å². The minimum absolute atomic E-state index is 0.